The summed E-state index contributed by atoms with van der Waals surface area (Å²) in [5.74, 6) is 0.962. The van der Waals surface area contributed by atoms with E-state index >= 15 is 0 Å². The third-order valence-corrected chi connectivity index (χ3v) is 5.81. The molecule has 0 unspecified atom stereocenters. The van der Waals surface area contributed by atoms with E-state index in [2.05, 4.69) is 53.2 Å². The van der Waals surface area contributed by atoms with E-state index in [0.717, 1.165) is 37.2 Å². The summed E-state index contributed by atoms with van der Waals surface area (Å²) in [6, 6.07) is 13.7. The van der Waals surface area contributed by atoms with Gasteiger partial charge in [-0.1, -0.05) is 12.1 Å². The summed E-state index contributed by atoms with van der Waals surface area (Å²) < 4.78 is 6.65. The number of thiazole rings is 1. The Bertz CT molecular complexity index is 858. The first-order chi connectivity index (χ1) is 11.7. The molecule has 0 aliphatic carbocycles. The molecule has 1 aliphatic heterocycles. The molecule has 0 N–H and O–H groups in total. The zero-order valence-electron chi connectivity index (χ0n) is 14.2. The number of ether oxygens (including phenoxy) is 1. The molecule has 0 saturated carbocycles. The van der Waals surface area contributed by atoms with E-state index in [0.29, 0.717) is 6.04 Å². The van der Waals surface area contributed by atoms with Crippen molar-refractivity contribution in [2.24, 2.45) is 0 Å². The second kappa shape index (κ2) is 6.54. The van der Waals surface area contributed by atoms with Crippen LogP contribution in [0.25, 0.3) is 10.2 Å². The Morgan fingerprint density at radius 3 is 3.00 bits per heavy atom. The molecule has 4 heteroatoms. The highest BCUT2D eigenvalue weighted by Gasteiger charge is 2.21. The number of methoxy groups -OCH3 is 1. The van der Waals surface area contributed by atoms with Crippen molar-refractivity contribution in [2.75, 3.05) is 13.7 Å². The Hall–Kier alpha value is -1.91. The maximum absolute atomic E-state index is 5.38. The normalized spacial score (nSPS) is 18.3. The maximum Gasteiger partial charge on any atom is 0.119 e. The van der Waals surface area contributed by atoms with Crippen LogP contribution < -0.4 is 4.74 Å². The van der Waals surface area contributed by atoms with Crippen LogP contribution in [0.15, 0.2) is 41.9 Å². The van der Waals surface area contributed by atoms with Gasteiger partial charge in [0.05, 0.1) is 22.8 Å². The summed E-state index contributed by atoms with van der Waals surface area (Å²) in [5, 5.41) is 0. The summed E-state index contributed by atoms with van der Waals surface area (Å²) in [5.41, 5.74) is 7.28. The van der Waals surface area contributed by atoms with E-state index in [1.807, 2.05) is 5.51 Å². The second-order valence-electron chi connectivity index (χ2n) is 6.56. The second-order valence-corrected chi connectivity index (χ2v) is 7.45. The summed E-state index contributed by atoms with van der Waals surface area (Å²) in [4.78, 5) is 7.03. The fourth-order valence-electron chi connectivity index (χ4n) is 3.56. The first kappa shape index (κ1) is 15.6. The van der Waals surface area contributed by atoms with Gasteiger partial charge < -0.3 is 4.74 Å². The van der Waals surface area contributed by atoms with E-state index in [9.17, 15) is 0 Å². The molecule has 24 heavy (non-hydrogen) atoms. The topological polar surface area (TPSA) is 25.4 Å². The van der Waals surface area contributed by atoms with Gasteiger partial charge in [0.1, 0.15) is 5.75 Å². The lowest BCUT2D eigenvalue weighted by Crippen LogP contribution is -2.33. The zero-order valence-corrected chi connectivity index (χ0v) is 15.0. The summed E-state index contributed by atoms with van der Waals surface area (Å²) in [7, 11) is 1.74. The highest BCUT2D eigenvalue weighted by Crippen LogP contribution is 2.26. The van der Waals surface area contributed by atoms with Crippen molar-refractivity contribution < 1.29 is 4.74 Å². The molecule has 2 aromatic carbocycles. The number of nitrogens with zero attached hydrogens (tertiary/aromatic N) is 2. The van der Waals surface area contributed by atoms with Crippen LogP contribution in [0, 0.1) is 0 Å². The summed E-state index contributed by atoms with van der Waals surface area (Å²) in [6.07, 6.45) is 2.17. The van der Waals surface area contributed by atoms with Gasteiger partial charge in [0.15, 0.2) is 0 Å². The predicted octanol–water partition coefficient (Wildman–Crippen LogP) is 4.29. The van der Waals surface area contributed by atoms with E-state index in [1.54, 1.807) is 18.4 Å². The standard InChI is InChI=1S/C20H22N2OS/c1-14-9-16-4-5-18(23-2)11-17(16)7-8-22(14)12-15-3-6-20-19(10-15)21-13-24-20/h3-6,10-11,13-14H,7-9,12H2,1-2H3/t14-/m0/s1. The lowest BCUT2D eigenvalue weighted by molar-refractivity contribution is 0.208. The number of aromatic nitrogens is 1. The van der Waals surface area contributed by atoms with Crippen LogP contribution in [0.2, 0.25) is 0 Å². The minimum atomic E-state index is 0.533. The van der Waals surface area contributed by atoms with Gasteiger partial charge in [0.2, 0.25) is 0 Å². The van der Waals surface area contributed by atoms with Crippen molar-refractivity contribution in [1.82, 2.24) is 9.88 Å². The monoisotopic (exact) mass is 338 g/mol. The fourth-order valence-corrected chi connectivity index (χ4v) is 4.22. The molecular weight excluding hydrogens is 316 g/mol. The van der Waals surface area contributed by atoms with Gasteiger partial charge in [0.25, 0.3) is 0 Å². The van der Waals surface area contributed by atoms with Gasteiger partial charge in [-0.3, -0.25) is 4.90 Å². The van der Waals surface area contributed by atoms with Crippen molar-refractivity contribution in [2.45, 2.75) is 32.4 Å². The molecule has 4 rings (SSSR count). The van der Waals surface area contributed by atoms with E-state index in [1.165, 1.54) is 21.4 Å². The van der Waals surface area contributed by atoms with Crippen LogP contribution in [0.5, 0.6) is 5.75 Å². The predicted molar refractivity (Wildman–Crippen MR) is 99.9 cm³/mol. The molecule has 0 amide bonds. The maximum atomic E-state index is 5.38. The third-order valence-electron chi connectivity index (χ3n) is 5.00. The largest absolute Gasteiger partial charge is 0.497 e. The molecular formula is C20H22N2OS. The molecule has 0 bridgehead atoms. The average molecular weight is 338 g/mol. The zero-order chi connectivity index (χ0) is 16.5. The van der Waals surface area contributed by atoms with E-state index in [-0.39, 0.29) is 0 Å². The van der Waals surface area contributed by atoms with Crippen LogP contribution in [-0.2, 0) is 19.4 Å². The molecule has 1 aliphatic rings. The summed E-state index contributed by atoms with van der Waals surface area (Å²) >= 11 is 1.70. The van der Waals surface area contributed by atoms with Gasteiger partial charge in [-0.2, -0.15) is 0 Å². The van der Waals surface area contributed by atoms with E-state index < -0.39 is 0 Å². The number of benzene rings is 2. The van der Waals surface area contributed by atoms with Gasteiger partial charge >= 0.3 is 0 Å². The van der Waals surface area contributed by atoms with Gasteiger partial charge in [0, 0.05) is 19.1 Å². The molecule has 2 heterocycles. The molecule has 124 valence electrons. The Labute approximate surface area is 146 Å². The molecule has 0 spiro atoms. The van der Waals surface area contributed by atoms with Crippen molar-refractivity contribution in [3.05, 3.63) is 58.6 Å². The molecule has 0 saturated heterocycles. The van der Waals surface area contributed by atoms with Crippen molar-refractivity contribution in [1.29, 1.82) is 0 Å². The quantitative estimate of drug-likeness (QED) is 0.712. The lowest BCUT2D eigenvalue weighted by atomic mass is 10.0. The third kappa shape index (κ3) is 3.04. The molecule has 3 aromatic rings. The number of hydrogen-bond donors (Lipinski definition) is 0. The molecule has 1 atom stereocenters. The van der Waals surface area contributed by atoms with Gasteiger partial charge in [-0.15, -0.1) is 11.3 Å². The fraction of sp³-hybridized carbons (Fsp3) is 0.350. The Morgan fingerprint density at radius 1 is 1.21 bits per heavy atom. The van der Waals surface area contributed by atoms with Crippen molar-refractivity contribution >= 4 is 21.6 Å². The van der Waals surface area contributed by atoms with Crippen LogP contribution in [0.1, 0.15) is 23.6 Å². The Kier molecular flexibility index (Phi) is 4.25. The van der Waals surface area contributed by atoms with E-state index in [4.69, 9.17) is 4.74 Å². The van der Waals surface area contributed by atoms with Crippen LogP contribution in [-0.4, -0.2) is 29.6 Å². The molecule has 0 radical (unpaired) electrons. The van der Waals surface area contributed by atoms with Crippen LogP contribution in [0.3, 0.4) is 0 Å². The lowest BCUT2D eigenvalue weighted by Gasteiger charge is -2.27. The van der Waals surface area contributed by atoms with Gasteiger partial charge in [-0.25, -0.2) is 4.98 Å². The average Bonchev–Trinajstić information content (AvgIpc) is 3.01. The van der Waals surface area contributed by atoms with Crippen molar-refractivity contribution in [3.8, 4) is 5.75 Å². The number of fused-ring (bicyclic) bond motifs is 2. The highest BCUT2D eigenvalue weighted by molar-refractivity contribution is 7.16. The minimum absolute atomic E-state index is 0.533. The molecule has 1 aromatic heterocycles. The Morgan fingerprint density at radius 2 is 2.12 bits per heavy atom. The molecule has 3 nitrogen and oxygen atoms in total. The SMILES string of the molecule is COc1ccc2c(c1)CCN(Cc1ccc3scnc3c1)[C@@H](C)C2. The van der Waals surface area contributed by atoms with Crippen LogP contribution >= 0.6 is 11.3 Å². The number of rotatable bonds is 3. The smallest absolute Gasteiger partial charge is 0.119 e. The van der Waals surface area contributed by atoms with Crippen LogP contribution in [0.4, 0.5) is 0 Å². The molecule has 0 fully saturated rings. The highest BCUT2D eigenvalue weighted by atomic mass is 32.1. The first-order valence-corrected chi connectivity index (χ1v) is 9.33. The number of hydrogen-bond acceptors (Lipinski definition) is 4. The Balaban J connectivity index is 1.54. The first-order valence-electron chi connectivity index (χ1n) is 8.45. The van der Waals surface area contributed by atoms with Gasteiger partial charge in [-0.05, 0) is 60.7 Å². The minimum Gasteiger partial charge on any atom is -0.497 e. The van der Waals surface area contributed by atoms with Crippen molar-refractivity contribution in [3.63, 3.8) is 0 Å². The summed E-state index contributed by atoms with van der Waals surface area (Å²) in [6.45, 7) is 4.40.